The van der Waals surface area contributed by atoms with Gasteiger partial charge in [0.25, 0.3) is 5.69 Å². The average Bonchev–Trinajstić information content (AvgIpc) is 3.16. The van der Waals surface area contributed by atoms with E-state index in [9.17, 15) is 14.9 Å². The van der Waals surface area contributed by atoms with Crippen molar-refractivity contribution in [3.8, 4) is 0 Å². The molecule has 1 fully saturated rings. The van der Waals surface area contributed by atoms with Crippen LogP contribution in [0.25, 0.3) is 10.3 Å². The standard InChI is InChI=1S/C18H17N5O3S2/c24-16(12-27-14-5-3-13(4-6-14)23(25)26)21-8-10-22(11-9-21)18-20-15-2-1-7-19-17(15)28-18/h1-7H,8-12H2. The zero-order chi connectivity index (χ0) is 19.5. The number of amides is 1. The smallest absolute Gasteiger partial charge is 0.269 e. The van der Waals surface area contributed by atoms with Crippen LogP contribution in [-0.4, -0.2) is 57.6 Å². The lowest BCUT2D eigenvalue weighted by Crippen LogP contribution is -2.49. The molecule has 1 amide bonds. The number of fused-ring (bicyclic) bond motifs is 1. The number of nitro groups is 1. The van der Waals surface area contributed by atoms with Crippen molar-refractivity contribution in [2.45, 2.75) is 4.90 Å². The van der Waals surface area contributed by atoms with Crippen LogP contribution in [0.5, 0.6) is 0 Å². The number of carbonyl (C=O) groups excluding carboxylic acids is 1. The maximum atomic E-state index is 12.5. The predicted molar refractivity (Wildman–Crippen MR) is 110 cm³/mol. The predicted octanol–water partition coefficient (Wildman–Crippen LogP) is 3.04. The summed E-state index contributed by atoms with van der Waals surface area (Å²) in [6.45, 7) is 2.80. The van der Waals surface area contributed by atoms with E-state index in [2.05, 4.69) is 14.9 Å². The third kappa shape index (κ3) is 4.07. The first-order valence-electron chi connectivity index (χ1n) is 8.72. The Balaban J connectivity index is 1.29. The normalized spacial score (nSPS) is 14.4. The van der Waals surface area contributed by atoms with Crippen molar-refractivity contribution in [2.24, 2.45) is 0 Å². The number of thiazole rings is 1. The van der Waals surface area contributed by atoms with Gasteiger partial charge in [-0.3, -0.25) is 14.9 Å². The third-order valence-corrected chi connectivity index (χ3v) is 6.50. The number of thioether (sulfide) groups is 1. The van der Waals surface area contributed by atoms with Crippen molar-refractivity contribution in [3.63, 3.8) is 0 Å². The molecule has 8 nitrogen and oxygen atoms in total. The van der Waals surface area contributed by atoms with Crippen LogP contribution in [0.2, 0.25) is 0 Å². The number of non-ortho nitro benzene ring substituents is 1. The van der Waals surface area contributed by atoms with Gasteiger partial charge in [0.1, 0.15) is 10.3 Å². The average molecular weight is 416 g/mol. The van der Waals surface area contributed by atoms with Crippen molar-refractivity contribution >= 4 is 50.2 Å². The molecule has 1 aliphatic rings. The summed E-state index contributed by atoms with van der Waals surface area (Å²) in [5.74, 6) is 0.400. The lowest BCUT2D eigenvalue weighted by Gasteiger charge is -2.34. The number of pyridine rings is 1. The minimum atomic E-state index is -0.430. The van der Waals surface area contributed by atoms with Gasteiger partial charge in [-0.15, -0.1) is 11.8 Å². The zero-order valence-electron chi connectivity index (χ0n) is 14.9. The molecule has 1 aromatic carbocycles. The van der Waals surface area contributed by atoms with Crippen molar-refractivity contribution in [1.29, 1.82) is 0 Å². The summed E-state index contributed by atoms with van der Waals surface area (Å²) >= 11 is 2.97. The van der Waals surface area contributed by atoms with Gasteiger partial charge in [-0.2, -0.15) is 0 Å². The first kappa shape index (κ1) is 18.6. The van der Waals surface area contributed by atoms with Gasteiger partial charge < -0.3 is 9.80 Å². The molecule has 3 heterocycles. The molecule has 0 N–H and O–H groups in total. The molecule has 0 radical (unpaired) electrons. The fourth-order valence-corrected chi connectivity index (χ4v) is 4.70. The van der Waals surface area contributed by atoms with Gasteiger partial charge in [0.05, 0.1) is 10.7 Å². The zero-order valence-corrected chi connectivity index (χ0v) is 16.5. The second-order valence-corrected chi connectivity index (χ2v) is 8.24. The molecule has 0 unspecified atom stereocenters. The Morgan fingerprint density at radius 3 is 2.61 bits per heavy atom. The summed E-state index contributed by atoms with van der Waals surface area (Å²) in [5.41, 5.74) is 0.956. The minimum Gasteiger partial charge on any atom is -0.344 e. The van der Waals surface area contributed by atoms with Crippen LogP contribution < -0.4 is 4.90 Å². The lowest BCUT2D eigenvalue weighted by atomic mass is 10.3. The van der Waals surface area contributed by atoms with E-state index < -0.39 is 4.92 Å². The van der Waals surface area contributed by atoms with Gasteiger partial charge in [-0.1, -0.05) is 11.3 Å². The van der Waals surface area contributed by atoms with E-state index in [0.717, 1.165) is 33.5 Å². The Bertz CT molecular complexity index is 967. The molecule has 0 spiro atoms. The van der Waals surface area contributed by atoms with E-state index in [-0.39, 0.29) is 11.6 Å². The van der Waals surface area contributed by atoms with Gasteiger partial charge in [-0.05, 0) is 24.3 Å². The van der Waals surface area contributed by atoms with Gasteiger partial charge >= 0.3 is 0 Å². The summed E-state index contributed by atoms with van der Waals surface area (Å²) in [7, 11) is 0. The Labute approximate surface area is 169 Å². The Morgan fingerprint density at radius 1 is 1.18 bits per heavy atom. The molecular formula is C18H17N5O3S2. The third-order valence-electron chi connectivity index (χ3n) is 4.47. The molecule has 10 heteroatoms. The summed E-state index contributed by atoms with van der Waals surface area (Å²) in [5, 5.41) is 11.6. The van der Waals surface area contributed by atoms with Crippen LogP contribution in [0.4, 0.5) is 10.8 Å². The largest absolute Gasteiger partial charge is 0.344 e. The quantitative estimate of drug-likeness (QED) is 0.359. The fraction of sp³-hybridized carbons (Fsp3) is 0.278. The van der Waals surface area contributed by atoms with Gasteiger partial charge in [0, 0.05) is 49.4 Å². The summed E-state index contributed by atoms with van der Waals surface area (Å²) < 4.78 is 0. The second-order valence-electron chi connectivity index (χ2n) is 6.23. The van der Waals surface area contributed by atoms with E-state index in [1.807, 2.05) is 17.0 Å². The molecule has 0 aliphatic carbocycles. The minimum absolute atomic E-state index is 0.0526. The lowest BCUT2D eigenvalue weighted by molar-refractivity contribution is -0.384. The summed E-state index contributed by atoms with van der Waals surface area (Å²) in [4.78, 5) is 37.5. The number of piperazine rings is 1. The number of hydrogen-bond donors (Lipinski definition) is 0. The number of rotatable bonds is 5. The highest BCUT2D eigenvalue weighted by Crippen LogP contribution is 2.28. The van der Waals surface area contributed by atoms with Crippen LogP contribution in [0.15, 0.2) is 47.5 Å². The van der Waals surface area contributed by atoms with E-state index in [0.29, 0.717) is 18.8 Å². The monoisotopic (exact) mass is 415 g/mol. The van der Waals surface area contributed by atoms with Crippen LogP contribution in [0, 0.1) is 10.1 Å². The number of nitrogens with zero attached hydrogens (tertiary/aromatic N) is 5. The molecule has 1 aliphatic heterocycles. The molecule has 1 saturated heterocycles. The van der Waals surface area contributed by atoms with Crippen molar-refractivity contribution in [3.05, 3.63) is 52.7 Å². The van der Waals surface area contributed by atoms with Crippen LogP contribution in [0.3, 0.4) is 0 Å². The molecule has 28 heavy (non-hydrogen) atoms. The molecule has 4 rings (SSSR count). The van der Waals surface area contributed by atoms with Crippen molar-refractivity contribution in [1.82, 2.24) is 14.9 Å². The van der Waals surface area contributed by atoms with Gasteiger partial charge in [0.2, 0.25) is 5.91 Å². The Hall–Kier alpha value is -2.72. The molecule has 3 aromatic rings. The topological polar surface area (TPSA) is 92.5 Å². The van der Waals surface area contributed by atoms with Crippen LogP contribution >= 0.6 is 23.1 Å². The number of anilines is 1. The van der Waals surface area contributed by atoms with Crippen LogP contribution in [0.1, 0.15) is 0 Å². The van der Waals surface area contributed by atoms with Gasteiger partial charge in [0.15, 0.2) is 5.13 Å². The SMILES string of the molecule is O=C(CSc1ccc([N+](=O)[O-])cc1)N1CCN(c2nc3cccnc3s2)CC1. The van der Waals surface area contributed by atoms with E-state index >= 15 is 0 Å². The first-order valence-corrected chi connectivity index (χ1v) is 10.5. The molecule has 0 atom stereocenters. The highest BCUT2D eigenvalue weighted by molar-refractivity contribution is 8.00. The molecule has 0 saturated carbocycles. The molecule has 0 bridgehead atoms. The molecule has 2 aromatic heterocycles. The maximum Gasteiger partial charge on any atom is 0.269 e. The van der Waals surface area contributed by atoms with Crippen molar-refractivity contribution in [2.75, 3.05) is 36.8 Å². The van der Waals surface area contributed by atoms with E-state index in [1.54, 1.807) is 29.7 Å². The second kappa shape index (κ2) is 8.11. The van der Waals surface area contributed by atoms with Crippen LogP contribution in [-0.2, 0) is 4.79 Å². The van der Waals surface area contributed by atoms with E-state index in [1.165, 1.54) is 23.9 Å². The highest BCUT2D eigenvalue weighted by Gasteiger charge is 2.23. The first-order chi connectivity index (χ1) is 13.6. The van der Waals surface area contributed by atoms with Crippen molar-refractivity contribution < 1.29 is 9.72 Å². The van der Waals surface area contributed by atoms with Gasteiger partial charge in [-0.25, -0.2) is 9.97 Å². The molecular weight excluding hydrogens is 398 g/mol. The fourth-order valence-electron chi connectivity index (χ4n) is 2.94. The number of nitro benzene ring substituents is 1. The Kier molecular flexibility index (Phi) is 5.40. The highest BCUT2D eigenvalue weighted by atomic mass is 32.2. The summed E-state index contributed by atoms with van der Waals surface area (Å²) in [6.07, 6.45) is 1.77. The Morgan fingerprint density at radius 2 is 1.93 bits per heavy atom. The molecule has 144 valence electrons. The summed E-state index contributed by atoms with van der Waals surface area (Å²) in [6, 6.07) is 10.1. The number of hydrogen-bond acceptors (Lipinski definition) is 8. The number of carbonyl (C=O) groups is 1. The van der Waals surface area contributed by atoms with E-state index in [4.69, 9.17) is 0 Å². The number of benzene rings is 1. The number of aromatic nitrogens is 2. The maximum absolute atomic E-state index is 12.5.